The summed E-state index contributed by atoms with van der Waals surface area (Å²) >= 11 is 0. The molecule has 2 unspecified atom stereocenters. The molecule has 27 heavy (non-hydrogen) atoms. The summed E-state index contributed by atoms with van der Waals surface area (Å²) in [6.07, 6.45) is 4.14. The van der Waals surface area contributed by atoms with Gasteiger partial charge >= 0.3 is 0 Å². The molecule has 4 rings (SSSR count). The lowest BCUT2D eigenvalue weighted by molar-refractivity contribution is 0.0904. The number of ether oxygens (including phenoxy) is 2. The van der Waals surface area contributed by atoms with Crippen molar-refractivity contribution in [2.24, 2.45) is 5.92 Å². The van der Waals surface area contributed by atoms with E-state index in [0.29, 0.717) is 17.5 Å². The minimum absolute atomic E-state index is 0.0678. The van der Waals surface area contributed by atoms with E-state index in [1.54, 1.807) is 14.2 Å². The summed E-state index contributed by atoms with van der Waals surface area (Å²) in [4.78, 5) is 15.6. The monoisotopic (exact) mass is 365 g/mol. The van der Waals surface area contributed by atoms with Gasteiger partial charge in [0.05, 0.1) is 14.2 Å². The van der Waals surface area contributed by atoms with Crippen LogP contribution < -0.4 is 9.47 Å². The molecule has 0 spiro atoms. The van der Waals surface area contributed by atoms with Crippen molar-refractivity contribution < 1.29 is 14.3 Å². The molecule has 0 radical (unpaired) electrons. The van der Waals surface area contributed by atoms with Crippen molar-refractivity contribution in [2.75, 3.05) is 20.8 Å². The molecular weight excluding hydrogens is 338 g/mol. The predicted octanol–water partition coefficient (Wildman–Crippen LogP) is 4.11. The number of carbonyl (C=O) groups is 1. The van der Waals surface area contributed by atoms with Gasteiger partial charge in [-0.15, -0.1) is 0 Å². The Morgan fingerprint density at radius 3 is 2.56 bits per heavy atom. The summed E-state index contributed by atoms with van der Waals surface area (Å²) in [5.41, 5.74) is 3.25. The lowest BCUT2D eigenvalue weighted by atomic mass is 9.94. The molecule has 2 aliphatic rings. The van der Waals surface area contributed by atoms with Gasteiger partial charge in [-0.2, -0.15) is 0 Å². The number of hydrogen-bond donors (Lipinski definition) is 0. The molecule has 1 fully saturated rings. The highest BCUT2D eigenvalue weighted by Gasteiger charge is 2.36. The summed E-state index contributed by atoms with van der Waals surface area (Å²) in [5, 5.41) is 0. The van der Waals surface area contributed by atoms with Crippen molar-refractivity contribution in [3.8, 4) is 11.5 Å². The largest absolute Gasteiger partial charge is 0.493 e. The summed E-state index contributed by atoms with van der Waals surface area (Å²) < 4.78 is 10.8. The van der Waals surface area contributed by atoms with Crippen LogP contribution in [0.3, 0.4) is 0 Å². The number of nitrogens with zero attached hydrogens (tertiary/aromatic N) is 1. The zero-order valence-corrected chi connectivity index (χ0v) is 16.1. The molecule has 0 amide bonds. The first-order valence-corrected chi connectivity index (χ1v) is 9.76. The third-order valence-electron chi connectivity index (χ3n) is 6.00. The van der Waals surface area contributed by atoms with Crippen LogP contribution >= 0.6 is 0 Å². The molecule has 1 aliphatic carbocycles. The van der Waals surface area contributed by atoms with Gasteiger partial charge in [0.15, 0.2) is 17.3 Å². The van der Waals surface area contributed by atoms with Crippen molar-refractivity contribution in [2.45, 2.75) is 38.3 Å². The minimum Gasteiger partial charge on any atom is -0.493 e. The van der Waals surface area contributed by atoms with Crippen LogP contribution in [0.1, 0.15) is 40.7 Å². The van der Waals surface area contributed by atoms with Crippen molar-refractivity contribution in [1.29, 1.82) is 0 Å². The van der Waals surface area contributed by atoms with Crippen molar-refractivity contribution in [3.05, 3.63) is 59.2 Å². The highest BCUT2D eigenvalue weighted by Crippen LogP contribution is 2.39. The first-order valence-electron chi connectivity index (χ1n) is 9.76. The van der Waals surface area contributed by atoms with Gasteiger partial charge in [0.1, 0.15) is 0 Å². The molecule has 0 saturated carbocycles. The highest BCUT2D eigenvalue weighted by atomic mass is 16.5. The maximum atomic E-state index is 13.0. The van der Waals surface area contributed by atoms with E-state index in [2.05, 4.69) is 35.2 Å². The Morgan fingerprint density at radius 1 is 1.07 bits per heavy atom. The summed E-state index contributed by atoms with van der Waals surface area (Å²) in [6, 6.07) is 14.9. The fourth-order valence-corrected chi connectivity index (χ4v) is 4.60. The first-order chi connectivity index (χ1) is 13.2. The van der Waals surface area contributed by atoms with Crippen molar-refractivity contribution >= 4 is 5.78 Å². The number of rotatable bonds is 6. The van der Waals surface area contributed by atoms with Crippen LogP contribution in [-0.4, -0.2) is 37.5 Å². The Kier molecular flexibility index (Phi) is 5.17. The molecular formula is C23H27NO3. The molecule has 1 heterocycles. The maximum absolute atomic E-state index is 13.0. The fraction of sp³-hybridized carbons (Fsp3) is 0.435. The number of fused-ring (bicyclic) bond motifs is 1. The smallest absolute Gasteiger partial charge is 0.166 e. The minimum atomic E-state index is 0.0678. The molecule has 2 aromatic rings. The summed E-state index contributed by atoms with van der Waals surface area (Å²) in [6.45, 7) is 2.09. The molecule has 142 valence electrons. The van der Waals surface area contributed by atoms with Crippen LogP contribution in [0.4, 0.5) is 0 Å². The van der Waals surface area contributed by atoms with Crippen LogP contribution in [0.15, 0.2) is 42.5 Å². The van der Waals surface area contributed by atoms with E-state index in [1.807, 2.05) is 12.1 Å². The van der Waals surface area contributed by atoms with E-state index in [1.165, 1.54) is 18.4 Å². The fourth-order valence-electron chi connectivity index (χ4n) is 4.60. The third-order valence-corrected chi connectivity index (χ3v) is 6.00. The summed E-state index contributed by atoms with van der Waals surface area (Å²) in [5.74, 6) is 1.67. The maximum Gasteiger partial charge on any atom is 0.166 e. The van der Waals surface area contributed by atoms with Crippen molar-refractivity contribution in [1.82, 2.24) is 4.90 Å². The highest BCUT2D eigenvalue weighted by molar-refractivity contribution is 6.03. The van der Waals surface area contributed by atoms with Gasteiger partial charge in [0.2, 0.25) is 0 Å². The normalized spacial score (nSPS) is 22.1. The van der Waals surface area contributed by atoms with Crippen LogP contribution in [-0.2, 0) is 13.0 Å². The van der Waals surface area contributed by atoms with Gasteiger partial charge in [0, 0.05) is 24.1 Å². The topological polar surface area (TPSA) is 38.8 Å². The Balaban J connectivity index is 1.47. The second-order valence-electron chi connectivity index (χ2n) is 7.62. The SMILES string of the molecule is COc1cc2c(cc1OC)C(=O)C(CC1CCCN1Cc1ccccc1)C2. The number of methoxy groups -OCH3 is 2. The van der Waals surface area contributed by atoms with Crippen LogP contribution in [0.5, 0.6) is 11.5 Å². The van der Waals surface area contributed by atoms with Crippen molar-refractivity contribution in [3.63, 3.8) is 0 Å². The Labute approximate surface area is 161 Å². The number of ketones is 1. The zero-order valence-electron chi connectivity index (χ0n) is 16.1. The van der Waals surface area contributed by atoms with Gasteiger partial charge in [-0.25, -0.2) is 0 Å². The van der Waals surface area contributed by atoms with Gasteiger partial charge in [-0.05, 0) is 55.5 Å². The number of hydrogen-bond acceptors (Lipinski definition) is 4. The van der Waals surface area contributed by atoms with E-state index in [4.69, 9.17) is 9.47 Å². The van der Waals surface area contributed by atoms with E-state index in [0.717, 1.165) is 37.1 Å². The quantitative estimate of drug-likeness (QED) is 0.772. The van der Waals surface area contributed by atoms with Gasteiger partial charge in [0.25, 0.3) is 0 Å². The summed E-state index contributed by atoms with van der Waals surface area (Å²) in [7, 11) is 3.25. The second-order valence-corrected chi connectivity index (χ2v) is 7.62. The molecule has 0 aromatic heterocycles. The van der Waals surface area contributed by atoms with E-state index in [9.17, 15) is 4.79 Å². The van der Waals surface area contributed by atoms with E-state index in [-0.39, 0.29) is 11.7 Å². The number of Topliss-reactive ketones (excluding diaryl/α,β-unsaturated/α-hetero) is 1. The lowest BCUT2D eigenvalue weighted by Gasteiger charge is -2.26. The second kappa shape index (κ2) is 7.73. The number of carbonyl (C=O) groups excluding carboxylic acids is 1. The van der Waals surface area contributed by atoms with E-state index < -0.39 is 0 Å². The molecule has 0 N–H and O–H groups in total. The Hall–Kier alpha value is -2.33. The number of likely N-dealkylation sites (tertiary alicyclic amines) is 1. The Morgan fingerprint density at radius 2 is 1.81 bits per heavy atom. The van der Waals surface area contributed by atoms with E-state index >= 15 is 0 Å². The third kappa shape index (κ3) is 3.59. The molecule has 2 atom stereocenters. The standard InChI is InChI=1S/C23H27NO3/c1-26-21-13-17-11-18(23(25)20(17)14-22(21)27-2)12-19-9-6-10-24(19)15-16-7-4-3-5-8-16/h3-5,7-8,13-14,18-19H,6,9-12,15H2,1-2H3. The van der Waals surface area contributed by atoms with Crippen LogP contribution in [0.25, 0.3) is 0 Å². The molecule has 1 aliphatic heterocycles. The molecule has 0 bridgehead atoms. The average Bonchev–Trinajstić information content (AvgIpc) is 3.26. The van der Waals surface area contributed by atoms with Crippen LogP contribution in [0, 0.1) is 5.92 Å². The zero-order chi connectivity index (χ0) is 18.8. The van der Waals surface area contributed by atoms with Gasteiger partial charge < -0.3 is 9.47 Å². The average molecular weight is 365 g/mol. The molecule has 1 saturated heterocycles. The molecule has 4 nitrogen and oxygen atoms in total. The molecule has 4 heteroatoms. The van der Waals surface area contributed by atoms with Gasteiger partial charge in [-0.1, -0.05) is 30.3 Å². The number of benzene rings is 2. The van der Waals surface area contributed by atoms with Gasteiger partial charge in [-0.3, -0.25) is 9.69 Å². The van der Waals surface area contributed by atoms with Crippen LogP contribution in [0.2, 0.25) is 0 Å². The molecule has 2 aromatic carbocycles. The predicted molar refractivity (Wildman–Crippen MR) is 106 cm³/mol. The first kappa shape index (κ1) is 18.1. The lowest BCUT2D eigenvalue weighted by Crippen LogP contribution is -2.32. The Bertz CT molecular complexity index is 818.